The minimum absolute atomic E-state index is 0.0758. The van der Waals surface area contributed by atoms with Crippen LogP contribution in [-0.2, 0) is 42.9 Å². The van der Waals surface area contributed by atoms with Crippen LogP contribution in [0.15, 0.2) is 24.5 Å². The van der Waals surface area contributed by atoms with Gasteiger partial charge in [-0.25, -0.2) is 9.59 Å². The fourth-order valence-corrected chi connectivity index (χ4v) is 2.74. The second-order valence-electron chi connectivity index (χ2n) is 6.62. The number of nitrogens with zero attached hydrogens (tertiary/aromatic N) is 2. The number of hydrogen-bond donors (Lipinski definition) is 0. The Labute approximate surface area is 173 Å². The average molecular weight is 424 g/mol. The van der Waals surface area contributed by atoms with Crippen LogP contribution in [0.4, 0.5) is 0 Å². The van der Waals surface area contributed by atoms with Crippen LogP contribution in [0.2, 0.25) is 0 Å². The van der Waals surface area contributed by atoms with Gasteiger partial charge in [0.25, 0.3) is 11.8 Å². The number of cyclic esters (lactones) is 1. The van der Waals surface area contributed by atoms with Crippen LogP contribution in [0.3, 0.4) is 0 Å². The molecule has 2 fully saturated rings. The van der Waals surface area contributed by atoms with E-state index in [-0.39, 0.29) is 26.2 Å². The van der Waals surface area contributed by atoms with E-state index in [9.17, 15) is 24.0 Å². The Morgan fingerprint density at radius 1 is 0.900 bits per heavy atom. The molecule has 0 bridgehead atoms. The third-order valence-corrected chi connectivity index (χ3v) is 4.24. The number of hydrogen-bond acceptors (Lipinski definition) is 9. The fraction of sp³-hybridized carbons (Fsp3) is 0.526. The largest absolute Gasteiger partial charge is 0.495 e. The summed E-state index contributed by atoms with van der Waals surface area (Å²) in [6.07, 6.45) is -0.619. The fourth-order valence-electron chi connectivity index (χ4n) is 2.74. The highest BCUT2D eigenvalue weighted by Crippen LogP contribution is 2.10. The van der Waals surface area contributed by atoms with E-state index >= 15 is 0 Å². The minimum atomic E-state index is -1.15. The second-order valence-corrected chi connectivity index (χ2v) is 6.62. The van der Waals surface area contributed by atoms with E-state index in [0.717, 1.165) is 12.2 Å². The molecule has 2 heterocycles. The quantitative estimate of drug-likeness (QED) is 0.305. The molecule has 30 heavy (non-hydrogen) atoms. The number of amides is 2. The first-order valence-electron chi connectivity index (χ1n) is 9.30. The van der Waals surface area contributed by atoms with E-state index in [0.29, 0.717) is 18.9 Å². The van der Waals surface area contributed by atoms with E-state index in [1.165, 1.54) is 23.6 Å². The first kappa shape index (κ1) is 22.9. The molecule has 164 valence electrons. The number of carbonyl (C=O) groups excluding carboxylic acids is 5. The van der Waals surface area contributed by atoms with Crippen molar-refractivity contribution in [3.8, 4) is 0 Å². The third-order valence-electron chi connectivity index (χ3n) is 4.24. The van der Waals surface area contributed by atoms with Crippen LogP contribution in [-0.4, -0.2) is 91.1 Å². The summed E-state index contributed by atoms with van der Waals surface area (Å²) >= 11 is 0. The van der Waals surface area contributed by atoms with Crippen LogP contribution >= 0.6 is 0 Å². The molecular weight excluding hydrogens is 400 g/mol. The molecule has 0 spiro atoms. The summed E-state index contributed by atoms with van der Waals surface area (Å²) in [6.45, 7) is 7.35. The van der Waals surface area contributed by atoms with Gasteiger partial charge >= 0.3 is 17.9 Å². The van der Waals surface area contributed by atoms with Crippen LogP contribution in [0.5, 0.6) is 0 Å². The van der Waals surface area contributed by atoms with Gasteiger partial charge in [-0.2, -0.15) is 0 Å². The highest BCUT2D eigenvalue weighted by molar-refractivity contribution is 5.94. The van der Waals surface area contributed by atoms with E-state index in [4.69, 9.17) is 18.9 Å². The molecule has 0 radical (unpaired) electrons. The first-order chi connectivity index (χ1) is 14.2. The van der Waals surface area contributed by atoms with Crippen molar-refractivity contribution in [1.29, 1.82) is 0 Å². The van der Waals surface area contributed by atoms with Gasteiger partial charge in [0.2, 0.25) is 0 Å². The molecule has 0 aromatic rings. The maximum absolute atomic E-state index is 12.3. The van der Waals surface area contributed by atoms with E-state index < -0.39 is 41.9 Å². The summed E-state index contributed by atoms with van der Waals surface area (Å²) in [5, 5.41) is 0. The van der Waals surface area contributed by atoms with E-state index in [1.54, 1.807) is 0 Å². The van der Waals surface area contributed by atoms with Crippen LogP contribution < -0.4 is 0 Å². The molecule has 0 unspecified atom stereocenters. The Morgan fingerprint density at radius 3 is 1.83 bits per heavy atom. The number of carbonyl (C=O) groups is 5. The number of morpholine rings is 2. The zero-order valence-corrected chi connectivity index (χ0v) is 16.8. The molecule has 2 aliphatic heterocycles. The lowest BCUT2D eigenvalue weighted by atomic mass is 10.3. The molecule has 2 saturated heterocycles. The Kier molecular flexibility index (Phi) is 7.96. The molecule has 2 rings (SSSR count). The van der Waals surface area contributed by atoms with E-state index in [2.05, 4.69) is 6.58 Å². The van der Waals surface area contributed by atoms with Gasteiger partial charge in [0.05, 0.1) is 19.6 Å². The number of rotatable bonds is 6. The molecule has 11 heteroatoms. The molecular formula is C19H24N2O9. The van der Waals surface area contributed by atoms with Gasteiger partial charge in [-0.3, -0.25) is 14.4 Å². The van der Waals surface area contributed by atoms with Crippen molar-refractivity contribution in [3.63, 3.8) is 0 Å². The Bertz CT molecular complexity index is 699. The lowest BCUT2D eigenvalue weighted by Gasteiger charge is -2.30. The summed E-state index contributed by atoms with van der Waals surface area (Å²) < 4.78 is 19.8. The molecule has 0 aliphatic carbocycles. The normalized spacial score (nSPS) is 18.9. The SMILES string of the molecule is C=C1CN(C(=O)[C@H](C)OC(=O)/C=C/C(=O)O[C@@H](C)C(=O)N2CCOC(=O)C2)CCO1. The van der Waals surface area contributed by atoms with E-state index in [1.807, 2.05) is 0 Å². The second kappa shape index (κ2) is 10.4. The topological polar surface area (TPSA) is 129 Å². The van der Waals surface area contributed by atoms with Gasteiger partial charge in [-0.05, 0) is 13.8 Å². The minimum Gasteiger partial charge on any atom is -0.495 e. The predicted octanol–water partition coefficient (Wildman–Crippen LogP) is -0.836. The molecule has 2 aliphatic rings. The van der Waals surface area contributed by atoms with Gasteiger partial charge in [0, 0.05) is 12.2 Å². The molecule has 0 N–H and O–H groups in total. The molecule has 2 atom stereocenters. The Hall–Kier alpha value is -3.37. The van der Waals surface area contributed by atoms with Crippen molar-refractivity contribution in [3.05, 3.63) is 24.5 Å². The summed E-state index contributed by atoms with van der Waals surface area (Å²) in [5.74, 6) is -2.93. The Morgan fingerprint density at radius 2 is 1.37 bits per heavy atom. The molecule has 0 aromatic heterocycles. The molecule has 0 saturated carbocycles. The van der Waals surface area contributed by atoms with Crippen molar-refractivity contribution < 1.29 is 42.9 Å². The van der Waals surface area contributed by atoms with Gasteiger partial charge in [-0.15, -0.1) is 0 Å². The number of esters is 3. The highest BCUT2D eigenvalue weighted by Gasteiger charge is 2.29. The maximum Gasteiger partial charge on any atom is 0.331 e. The Balaban J connectivity index is 1.78. The first-order valence-corrected chi connectivity index (χ1v) is 9.30. The third kappa shape index (κ3) is 6.61. The van der Waals surface area contributed by atoms with Crippen molar-refractivity contribution >= 4 is 29.7 Å². The lowest BCUT2D eigenvalue weighted by Crippen LogP contribution is -2.47. The average Bonchev–Trinajstić information content (AvgIpc) is 2.71. The zero-order chi connectivity index (χ0) is 22.3. The van der Waals surface area contributed by atoms with Crippen molar-refractivity contribution in [2.45, 2.75) is 26.1 Å². The summed E-state index contributed by atoms with van der Waals surface area (Å²) in [5.41, 5.74) is 0. The maximum atomic E-state index is 12.3. The van der Waals surface area contributed by atoms with Crippen LogP contribution in [0.25, 0.3) is 0 Å². The van der Waals surface area contributed by atoms with Crippen LogP contribution in [0.1, 0.15) is 13.8 Å². The standard InChI is InChI=1S/C19H24N2O9/c1-12-10-20(6-8-27-12)18(25)13(2)29-15(22)4-5-16(23)30-14(3)19(26)21-7-9-28-17(24)11-21/h4-5,13-14H,1,6-11H2,2-3H3/b5-4+/t13-,14-/m0/s1. The number of ether oxygens (including phenoxy) is 4. The zero-order valence-electron chi connectivity index (χ0n) is 16.8. The molecule has 0 aromatic carbocycles. The van der Waals surface area contributed by atoms with Crippen LogP contribution in [0, 0.1) is 0 Å². The van der Waals surface area contributed by atoms with Crippen molar-refractivity contribution in [1.82, 2.24) is 9.80 Å². The van der Waals surface area contributed by atoms with Gasteiger partial charge in [-0.1, -0.05) is 6.58 Å². The predicted molar refractivity (Wildman–Crippen MR) is 99.5 cm³/mol. The van der Waals surface area contributed by atoms with Gasteiger partial charge < -0.3 is 28.7 Å². The lowest BCUT2D eigenvalue weighted by molar-refractivity contribution is -0.163. The smallest absolute Gasteiger partial charge is 0.331 e. The summed E-state index contributed by atoms with van der Waals surface area (Å²) in [4.78, 5) is 62.0. The van der Waals surface area contributed by atoms with Crippen molar-refractivity contribution in [2.24, 2.45) is 0 Å². The highest BCUT2D eigenvalue weighted by atomic mass is 16.6. The molecule has 11 nitrogen and oxygen atoms in total. The monoisotopic (exact) mass is 424 g/mol. The van der Waals surface area contributed by atoms with Gasteiger partial charge in [0.15, 0.2) is 12.2 Å². The van der Waals surface area contributed by atoms with Crippen molar-refractivity contribution in [2.75, 3.05) is 39.4 Å². The molecule has 2 amide bonds. The summed E-state index contributed by atoms with van der Waals surface area (Å²) in [7, 11) is 0. The summed E-state index contributed by atoms with van der Waals surface area (Å²) in [6, 6.07) is 0. The van der Waals surface area contributed by atoms with Gasteiger partial charge in [0.1, 0.15) is 25.5 Å².